The van der Waals surface area contributed by atoms with Crippen molar-refractivity contribution in [2.24, 2.45) is 0 Å². The van der Waals surface area contributed by atoms with E-state index in [2.05, 4.69) is 47.7 Å². The van der Waals surface area contributed by atoms with Gasteiger partial charge in [-0.25, -0.2) is 4.18 Å². The minimum Gasteiger partial charge on any atom is -0.394 e. The van der Waals surface area contributed by atoms with E-state index in [9.17, 15) is 43.3 Å². The molecule has 1 amide bonds. The Kier molecular flexibility index (Phi) is 42.5. The van der Waals surface area contributed by atoms with E-state index in [0.29, 0.717) is 12.8 Å². The zero-order valence-electron chi connectivity index (χ0n) is 43.5. The lowest BCUT2D eigenvalue weighted by Gasteiger charge is -2.41. The van der Waals surface area contributed by atoms with Gasteiger partial charge in [0, 0.05) is 0 Å². The summed E-state index contributed by atoms with van der Waals surface area (Å²) in [6.07, 6.45) is 43.6. The van der Waals surface area contributed by atoms with Gasteiger partial charge >= 0.3 is 10.4 Å². The van der Waals surface area contributed by atoms with Crippen molar-refractivity contribution in [3.63, 3.8) is 0 Å². The zero-order valence-corrected chi connectivity index (χ0v) is 44.3. The van der Waals surface area contributed by atoms with Crippen LogP contribution in [0.15, 0.2) is 36.5 Å². The quantitative estimate of drug-likeness (QED) is 0.0172. The molecule has 13 nitrogen and oxygen atoms in total. The van der Waals surface area contributed by atoms with E-state index in [-0.39, 0.29) is 6.42 Å². The summed E-state index contributed by atoms with van der Waals surface area (Å²) in [4.78, 5) is 13.2. The van der Waals surface area contributed by atoms with Crippen LogP contribution < -0.4 is 5.32 Å². The summed E-state index contributed by atoms with van der Waals surface area (Å²) in [5.41, 5.74) is 0. The lowest BCUT2D eigenvalue weighted by Crippen LogP contribution is -2.61. The molecule has 1 heterocycles. The first-order valence-corrected chi connectivity index (χ1v) is 29.3. The lowest BCUT2D eigenvalue weighted by molar-refractivity contribution is -0.298. The number of hydrogen-bond donors (Lipinski definition) is 7. The third-order valence-corrected chi connectivity index (χ3v) is 13.7. The summed E-state index contributed by atoms with van der Waals surface area (Å²) in [5, 5.41) is 55.5. The maximum Gasteiger partial charge on any atom is 0.397 e. The van der Waals surface area contributed by atoms with Gasteiger partial charge in [0.1, 0.15) is 30.5 Å². The average Bonchev–Trinajstić information content (AvgIpc) is 3.32. The third-order valence-electron chi connectivity index (χ3n) is 13.3. The molecule has 69 heavy (non-hydrogen) atoms. The van der Waals surface area contributed by atoms with E-state index >= 15 is 0 Å². The highest BCUT2D eigenvalue weighted by atomic mass is 32.3. The SMILES string of the molecule is CCCCCCCCCCC/C=C\C/C=C\CCCCCCCCC(O)C(=O)NC(COC1OC(CO)C(O)C(OS(=O)(=O)O)C1O)C(O)/C=C/CCCCCCCCCCCCCCCCCC. The van der Waals surface area contributed by atoms with Gasteiger partial charge in [-0.1, -0.05) is 230 Å². The number of ether oxygens (including phenoxy) is 2. The molecule has 8 unspecified atom stereocenters. The Bertz CT molecular complexity index is 1380. The maximum atomic E-state index is 13.2. The van der Waals surface area contributed by atoms with Crippen molar-refractivity contribution < 1.29 is 57.0 Å². The molecule has 0 aromatic rings. The fourth-order valence-corrected chi connectivity index (χ4v) is 9.35. The number of carbonyl (C=O) groups excluding carboxylic acids is 1. The highest BCUT2D eigenvalue weighted by Gasteiger charge is 2.48. The number of hydrogen-bond acceptors (Lipinski definition) is 11. The summed E-state index contributed by atoms with van der Waals surface area (Å²) >= 11 is 0. The topological polar surface area (TPSA) is 212 Å². The fourth-order valence-electron chi connectivity index (χ4n) is 8.85. The van der Waals surface area contributed by atoms with Crippen molar-refractivity contribution in [2.45, 2.75) is 294 Å². The number of aliphatic hydroxyl groups is 5. The molecule has 1 fully saturated rings. The average molecular weight is 1000 g/mol. The summed E-state index contributed by atoms with van der Waals surface area (Å²) in [6.45, 7) is 3.25. The normalized spacial score (nSPS) is 20.4. The van der Waals surface area contributed by atoms with Crippen molar-refractivity contribution in [2.75, 3.05) is 13.2 Å². The molecule has 1 aliphatic rings. The Morgan fingerprint density at radius 3 is 1.42 bits per heavy atom. The van der Waals surface area contributed by atoms with E-state index < -0.39 is 78.5 Å². The summed E-state index contributed by atoms with van der Waals surface area (Å²) in [6, 6.07) is -1.13. The first-order valence-electron chi connectivity index (χ1n) is 28.0. The Morgan fingerprint density at radius 2 is 1.00 bits per heavy atom. The van der Waals surface area contributed by atoms with E-state index in [4.69, 9.17) is 9.47 Å². The number of unbranched alkanes of at least 4 members (excludes halogenated alkanes) is 31. The van der Waals surface area contributed by atoms with Crippen molar-refractivity contribution in [1.29, 1.82) is 0 Å². The van der Waals surface area contributed by atoms with Crippen LogP contribution >= 0.6 is 0 Å². The molecule has 8 atom stereocenters. The van der Waals surface area contributed by atoms with Gasteiger partial charge in [-0.15, -0.1) is 0 Å². The van der Waals surface area contributed by atoms with Gasteiger partial charge in [-0.05, 0) is 51.4 Å². The minimum absolute atomic E-state index is 0.231. The monoisotopic (exact) mass is 1000 g/mol. The number of carbonyl (C=O) groups is 1. The standard InChI is InChI=1S/C55H103NO12S/c1-3-5-7-9-11-13-15-17-19-21-23-24-25-26-28-30-32-34-36-38-40-42-44-49(59)54(62)56-47(46-66-55-52(61)53(68-69(63,64)65)51(60)50(45-57)67-55)48(58)43-41-39-37-35-33-31-29-27-22-20-18-16-14-12-10-8-6-4-2/h23-24,26,28,41,43,47-53,55,57-61H,3-22,25,27,29-40,42,44-46H2,1-2H3,(H,56,62)(H,63,64,65)/b24-23-,28-26-,43-41+. The van der Waals surface area contributed by atoms with Crippen LogP contribution in [0.1, 0.15) is 245 Å². The molecule has 0 saturated carbocycles. The highest BCUT2D eigenvalue weighted by Crippen LogP contribution is 2.26. The number of nitrogens with one attached hydrogen (secondary N) is 1. The van der Waals surface area contributed by atoms with Crippen LogP contribution in [0.5, 0.6) is 0 Å². The van der Waals surface area contributed by atoms with Gasteiger partial charge in [0.2, 0.25) is 5.91 Å². The van der Waals surface area contributed by atoms with E-state index in [0.717, 1.165) is 64.2 Å². The van der Waals surface area contributed by atoms with Crippen LogP contribution in [0.3, 0.4) is 0 Å². The molecule has 0 aromatic carbocycles. The molecule has 0 aromatic heterocycles. The fraction of sp³-hybridized carbons (Fsp3) is 0.873. The third kappa shape index (κ3) is 36.8. The zero-order chi connectivity index (χ0) is 50.6. The molecular formula is C55H103NO12S. The van der Waals surface area contributed by atoms with Crippen LogP contribution in [0.4, 0.5) is 0 Å². The van der Waals surface area contributed by atoms with Crippen molar-refractivity contribution in [3.8, 4) is 0 Å². The molecule has 14 heteroatoms. The molecular weight excluding hydrogens is 899 g/mol. The van der Waals surface area contributed by atoms with Gasteiger partial charge in [0.25, 0.3) is 0 Å². The molecule has 7 N–H and O–H groups in total. The van der Waals surface area contributed by atoms with Crippen LogP contribution in [0.25, 0.3) is 0 Å². The van der Waals surface area contributed by atoms with Crippen molar-refractivity contribution in [1.82, 2.24) is 5.32 Å². The molecule has 0 bridgehead atoms. The second-order valence-corrected chi connectivity index (χ2v) is 20.7. The van der Waals surface area contributed by atoms with Crippen LogP contribution in [0.2, 0.25) is 0 Å². The van der Waals surface area contributed by atoms with E-state index in [1.54, 1.807) is 6.08 Å². The van der Waals surface area contributed by atoms with Gasteiger partial charge < -0.3 is 40.3 Å². The first kappa shape index (κ1) is 65.3. The van der Waals surface area contributed by atoms with Crippen molar-refractivity contribution >= 4 is 16.3 Å². The van der Waals surface area contributed by atoms with E-state index in [1.807, 2.05) is 6.08 Å². The molecule has 1 rings (SSSR count). The molecule has 0 aliphatic carbocycles. The molecule has 1 saturated heterocycles. The summed E-state index contributed by atoms with van der Waals surface area (Å²) in [7, 11) is -5.12. The predicted octanol–water partition coefficient (Wildman–Crippen LogP) is 11.6. The summed E-state index contributed by atoms with van der Waals surface area (Å²) in [5.74, 6) is -0.708. The molecule has 1 aliphatic heterocycles. The van der Waals surface area contributed by atoms with Crippen LogP contribution in [-0.4, -0.2) is 107 Å². The molecule has 406 valence electrons. The van der Waals surface area contributed by atoms with Crippen LogP contribution in [-0.2, 0) is 28.9 Å². The number of amides is 1. The Hall–Kier alpha value is -1.72. The van der Waals surface area contributed by atoms with E-state index in [1.165, 1.54) is 148 Å². The number of allylic oxidation sites excluding steroid dienone is 5. The van der Waals surface area contributed by atoms with Gasteiger partial charge in [-0.2, -0.15) is 8.42 Å². The Balaban J connectivity index is 2.47. The van der Waals surface area contributed by atoms with Gasteiger partial charge in [0.15, 0.2) is 6.29 Å². The Morgan fingerprint density at radius 1 is 0.594 bits per heavy atom. The minimum atomic E-state index is -5.12. The molecule has 0 spiro atoms. The summed E-state index contributed by atoms with van der Waals surface area (Å²) < 4.78 is 47.7. The second-order valence-electron chi connectivity index (χ2n) is 19.7. The Labute approximate surface area is 420 Å². The molecule has 0 radical (unpaired) electrons. The first-order chi connectivity index (χ1) is 33.4. The smallest absolute Gasteiger partial charge is 0.394 e. The largest absolute Gasteiger partial charge is 0.397 e. The number of rotatable bonds is 48. The van der Waals surface area contributed by atoms with Crippen molar-refractivity contribution in [3.05, 3.63) is 36.5 Å². The van der Waals surface area contributed by atoms with Gasteiger partial charge in [0.05, 0.1) is 25.4 Å². The predicted molar refractivity (Wildman–Crippen MR) is 279 cm³/mol. The lowest BCUT2D eigenvalue weighted by atomic mass is 9.99. The van der Waals surface area contributed by atoms with Crippen LogP contribution in [0, 0.1) is 0 Å². The van der Waals surface area contributed by atoms with Gasteiger partial charge in [-0.3, -0.25) is 9.35 Å². The number of aliphatic hydroxyl groups excluding tert-OH is 5. The highest BCUT2D eigenvalue weighted by molar-refractivity contribution is 7.80. The maximum absolute atomic E-state index is 13.2. The second kappa shape index (κ2) is 44.9.